The number of nitrogens with one attached hydrogen (secondary N) is 2. The Morgan fingerprint density at radius 2 is 1.86 bits per heavy atom. The van der Waals surface area contributed by atoms with Crippen molar-refractivity contribution < 1.29 is 27.5 Å². The van der Waals surface area contributed by atoms with Crippen LogP contribution in [-0.2, 0) is 19.6 Å². The number of nitrogens with zero attached hydrogens (tertiary/aromatic N) is 2. The Morgan fingerprint density at radius 1 is 1.17 bits per heavy atom. The van der Waals surface area contributed by atoms with Crippen molar-refractivity contribution in [2.45, 2.75) is 69.7 Å². The van der Waals surface area contributed by atoms with Gasteiger partial charge in [-0.25, -0.2) is 13.2 Å². The molecule has 11 heteroatoms. The molecule has 0 aromatic heterocycles. The van der Waals surface area contributed by atoms with Crippen LogP contribution in [0, 0.1) is 11.3 Å². The highest BCUT2D eigenvalue weighted by atomic mass is 32.2. The van der Waals surface area contributed by atoms with Crippen LogP contribution < -0.4 is 15.4 Å². The number of benzene rings is 1. The lowest BCUT2D eigenvalue weighted by atomic mass is 9.64. The predicted molar refractivity (Wildman–Crippen MR) is 134 cm³/mol. The van der Waals surface area contributed by atoms with Crippen molar-refractivity contribution in [3.05, 3.63) is 18.2 Å². The maximum absolute atomic E-state index is 13.3. The highest BCUT2D eigenvalue weighted by Crippen LogP contribution is 2.46. The minimum absolute atomic E-state index is 0.0305. The molecule has 4 amide bonds. The number of hydrogen-bond acceptors (Lipinski definition) is 6. The van der Waals surface area contributed by atoms with Gasteiger partial charge in [-0.3, -0.25) is 14.5 Å². The van der Waals surface area contributed by atoms with Gasteiger partial charge in [0.15, 0.2) is 0 Å². The topological polar surface area (TPSA) is 125 Å². The summed E-state index contributed by atoms with van der Waals surface area (Å²) in [6, 6.07) is 3.80. The number of hydrogen-bond donors (Lipinski definition) is 2. The molecule has 2 N–H and O–H groups in total. The Hall–Kier alpha value is -2.66. The molecule has 198 valence electrons. The molecule has 1 aromatic carbocycles. The van der Waals surface area contributed by atoms with E-state index >= 15 is 0 Å². The Morgan fingerprint density at radius 3 is 2.50 bits per heavy atom. The standard InChI is InChI=1S/C25H36N4O6S/c1-17-13-24(2,3)16-25(14-17)22(31)29(23(32)27-25)15-21(30)26-18-8-9-19(35-4)20(12-18)36(33,34)28-10-6-5-7-11-28/h8-9,12,17H,5-7,10-11,13-16H2,1-4H3,(H,26,30)(H,27,32)/t17-,25-/m0/s1. The van der Waals surface area contributed by atoms with Crippen molar-refractivity contribution in [3.8, 4) is 5.75 Å². The minimum Gasteiger partial charge on any atom is -0.495 e. The van der Waals surface area contributed by atoms with Gasteiger partial charge < -0.3 is 15.4 Å². The number of carbonyl (C=O) groups is 3. The SMILES string of the molecule is COc1ccc(NC(=O)CN2C(=O)N[C@]3(C[C@@H](C)CC(C)(C)C3)C2=O)cc1S(=O)(=O)N1CCCCC1. The van der Waals surface area contributed by atoms with Gasteiger partial charge in [0.25, 0.3) is 5.91 Å². The molecule has 2 saturated heterocycles. The zero-order chi connectivity index (χ0) is 26.3. The number of methoxy groups -OCH3 is 1. The summed E-state index contributed by atoms with van der Waals surface area (Å²) in [6.07, 6.45) is 4.58. The number of imide groups is 1. The largest absolute Gasteiger partial charge is 0.495 e. The molecule has 1 aromatic rings. The Labute approximate surface area is 212 Å². The Balaban J connectivity index is 1.50. The van der Waals surface area contributed by atoms with Crippen molar-refractivity contribution in [2.75, 3.05) is 32.1 Å². The van der Waals surface area contributed by atoms with Gasteiger partial charge in [0.1, 0.15) is 22.7 Å². The molecule has 2 aliphatic heterocycles. The lowest BCUT2D eigenvalue weighted by molar-refractivity contribution is -0.136. The van der Waals surface area contributed by atoms with Gasteiger partial charge in [0.2, 0.25) is 15.9 Å². The molecule has 3 fully saturated rings. The number of amides is 4. The molecule has 1 saturated carbocycles. The van der Waals surface area contributed by atoms with Crippen LogP contribution in [0.25, 0.3) is 0 Å². The molecule has 0 radical (unpaired) electrons. The van der Waals surface area contributed by atoms with Gasteiger partial charge in [0, 0.05) is 18.8 Å². The van der Waals surface area contributed by atoms with Crippen LogP contribution in [0.2, 0.25) is 0 Å². The lowest BCUT2D eigenvalue weighted by Crippen LogP contribution is -2.54. The van der Waals surface area contributed by atoms with Crippen LogP contribution in [0.3, 0.4) is 0 Å². The smallest absolute Gasteiger partial charge is 0.325 e. The first kappa shape index (κ1) is 26.4. The minimum atomic E-state index is -3.81. The van der Waals surface area contributed by atoms with E-state index in [1.54, 1.807) is 0 Å². The van der Waals surface area contributed by atoms with E-state index in [4.69, 9.17) is 4.74 Å². The van der Waals surface area contributed by atoms with Crippen molar-refractivity contribution in [1.29, 1.82) is 0 Å². The van der Waals surface area contributed by atoms with Crippen molar-refractivity contribution in [2.24, 2.45) is 11.3 Å². The molecule has 1 aliphatic carbocycles. The van der Waals surface area contributed by atoms with E-state index in [-0.39, 0.29) is 33.6 Å². The van der Waals surface area contributed by atoms with E-state index in [9.17, 15) is 22.8 Å². The fraction of sp³-hybridized carbons (Fsp3) is 0.640. The molecule has 2 heterocycles. The fourth-order valence-electron chi connectivity index (χ4n) is 6.19. The number of urea groups is 1. The Kier molecular flexibility index (Phi) is 7.09. The van der Waals surface area contributed by atoms with E-state index in [1.807, 2.05) is 0 Å². The number of ether oxygens (including phenoxy) is 1. The molecule has 0 unspecified atom stereocenters. The van der Waals surface area contributed by atoms with Gasteiger partial charge in [-0.2, -0.15) is 4.31 Å². The van der Waals surface area contributed by atoms with Crippen LogP contribution in [0.5, 0.6) is 5.75 Å². The fourth-order valence-corrected chi connectivity index (χ4v) is 7.89. The van der Waals surface area contributed by atoms with Crippen LogP contribution in [0.1, 0.15) is 59.3 Å². The summed E-state index contributed by atoms with van der Waals surface area (Å²) in [7, 11) is -2.42. The monoisotopic (exact) mass is 520 g/mol. The van der Waals surface area contributed by atoms with Crippen molar-refractivity contribution in [3.63, 3.8) is 0 Å². The number of piperidine rings is 1. The first-order chi connectivity index (χ1) is 16.9. The average molecular weight is 521 g/mol. The average Bonchev–Trinajstić information content (AvgIpc) is 3.01. The van der Waals surface area contributed by atoms with Crippen LogP contribution in [-0.4, -0.2) is 67.8 Å². The zero-order valence-electron chi connectivity index (χ0n) is 21.4. The van der Waals surface area contributed by atoms with Gasteiger partial charge in [-0.15, -0.1) is 0 Å². The zero-order valence-corrected chi connectivity index (χ0v) is 22.2. The maximum Gasteiger partial charge on any atom is 0.325 e. The summed E-state index contributed by atoms with van der Waals surface area (Å²) in [6.45, 7) is 6.64. The summed E-state index contributed by atoms with van der Waals surface area (Å²) in [5.74, 6) is -0.537. The summed E-state index contributed by atoms with van der Waals surface area (Å²) in [4.78, 5) is 39.8. The summed E-state index contributed by atoms with van der Waals surface area (Å²) in [5, 5.41) is 5.50. The molecule has 4 rings (SSSR count). The second kappa shape index (κ2) is 9.66. The molecular formula is C25H36N4O6S. The van der Waals surface area contributed by atoms with Gasteiger partial charge >= 0.3 is 6.03 Å². The van der Waals surface area contributed by atoms with E-state index in [1.165, 1.54) is 29.6 Å². The number of rotatable bonds is 6. The summed E-state index contributed by atoms with van der Waals surface area (Å²) in [5.41, 5.74) is -0.863. The number of carbonyl (C=O) groups excluding carboxylic acids is 3. The Bertz CT molecular complexity index is 1160. The molecule has 10 nitrogen and oxygen atoms in total. The van der Waals surface area contributed by atoms with Crippen LogP contribution >= 0.6 is 0 Å². The summed E-state index contributed by atoms with van der Waals surface area (Å²) < 4.78 is 33.2. The highest BCUT2D eigenvalue weighted by Gasteiger charge is 2.56. The van der Waals surface area contributed by atoms with Gasteiger partial charge in [-0.1, -0.05) is 27.2 Å². The summed E-state index contributed by atoms with van der Waals surface area (Å²) >= 11 is 0. The third kappa shape index (κ3) is 5.08. The quantitative estimate of drug-likeness (QED) is 0.556. The van der Waals surface area contributed by atoms with Gasteiger partial charge in [-0.05, 0) is 61.6 Å². The lowest BCUT2D eigenvalue weighted by Gasteiger charge is -2.43. The third-order valence-electron chi connectivity index (χ3n) is 7.31. The maximum atomic E-state index is 13.3. The molecular weight excluding hydrogens is 484 g/mol. The van der Waals surface area contributed by atoms with E-state index in [0.29, 0.717) is 25.9 Å². The number of anilines is 1. The second-order valence-electron chi connectivity index (χ2n) is 11.1. The predicted octanol–water partition coefficient (Wildman–Crippen LogP) is 2.95. The normalized spacial score (nSPS) is 26.7. The molecule has 1 spiro atoms. The van der Waals surface area contributed by atoms with Crippen LogP contribution in [0.4, 0.5) is 10.5 Å². The third-order valence-corrected chi connectivity index (χ3v) is 9.23. The van der Waals surface area contributed by atoms with Crippen LogP contribution in [0.15, 0.2) is 23.1 Å². The second-order valence-corrected chi connectivity index (χ2v) is 13.0. The highest BCUT2D eigenvalue weighted by molar-refractivity contribution is 7.89. The molecule has 36 heavy (non-hydrogen) atoms. The van der Waals surface area contributed by atoms with E-state index in [2.05, 4.69) is 31.4 Å². The van der Waals surface area contributed by atoms with Gasteiger partial charge in [0.05, 0.1) is 7.11 Å². The number of sulfonamides is 1. The van der Waals surface area contributed by atoms with Crippen molar-refractivity contribution in [1.82, 2.24) is 14.5 Å². The van der Waals surface area contributed by atoms with E-state index in [0.717, 1.165) is 30.6 Å². The molecule has 0 bridgehead atoms. The first-order valence-corrected chi connectivity index (χ1v) is 13.9. The first-order valence-electron chi connectivity index (χ1n) is 12.5. The molecule has 2 atom stereocenters. The molecule has 3 aliphatic rings. The van der Waals surface area contributed by atoms with E-state index < -0.39 is 34.0 Å². The van der Waals surface area contributed by atoms with Crippen molar-refractivity contribution >= 4 is 33.6 Å².